The molecule has 0 spiro atoms. The van der Waals surface area contributed by atoms with Crippen molar-refractivity contribution in [3.05, 3.63) is 54.3 Å². The largest absolute Gasteiger partial charge is 0.340 e. The molecule has 0 saturated carbocycles. The first kappa shape index (κ1) is 17.9. The van der Waals surface area contributed by atoms with E-state index in [0.29, 0.717) is 26.2 Å². The second-order valence-electron chi connectivity index (χ2n) is 6.47. The topological polar surface area (TPSA) is 58.4 Å². The third-order valence-corrected chi connectivity index (χ3v) is 6.86. The van der Waals surface area contributed by atoms with E-state index in [1.165, 1.54) is 28.6 Å². The Morgan fingerprint density at radius 2 is 1.67 bits per heavy atom. The Kier molecular flexibility index (Phi) is 4.61. The van der Waals surface area contributed by atoms with Gasteiger partial charge in [0.05, 0.1) is 11.0 Å². The first-order chi connectivity index (χ1) is 13.0. The summed E-state index contributed by atoms with van der Waals surface area (Å²) in [4.78, 5) is 6.56. The maximum absolute atomic E-state index is 14.0. The SMILES string of the molecule is CCn1c(N2CCN(S(=O)(=O)c3ccccc3F)CC2)nc2ccccc21. The minimum atomic E-state index is -3.83. The first-order valence-electron chi connectivity index (χ1n) is 8.97. The molecule has 1 saturated heterocycles. The molecule has 1 aliphatic rings. The summed E-state index contributed by atoms with van der Waals surface area (Å²) in [6, 6.07) is 13.5. The van der Waals surface area contributed by atoms with Gasteiger partial charge < -0.3 is 9.47 Å². The highest BCUT2D eigenvalue weighted by molar-refractivity contribution is 7.89. The van der Waals surface area contributed by atoms with Gasteiger partial charge in [-0.25, -0.2) is 17.8 Å². The highest BCUT2D eigenvalue weighted by Gasteiger charge is 2.31. The van der Waals surface area contributed by atoms with Crippen LogP contribution < -0.4 is 4.90 Å². The van der Waals surface area contributed by atoms with E-state index in [9.17, 15) is 12.8 Å². The van der Waals surface area contributed by atoms with Crippen molar-refractivity contribution in [3.8, 4) is 0 Å². The van der Waals surface area contributed by atoms with Crippen molar-refractivity contribution < 1.29 is 12.8 Å². The van der Waals surface area contributed by atoms with Crippen molar-refractivity contribution in [3.63, 3.8) is 0 Å². The van der Waals surface area contributed by atoms with Crippen LogP contribution in [0.4, 0.5) is 10.3 Å². The Labute approximate surface area is 157 Å². The van der Waals surface area contributed by atoms with E-state index >= 15 is 0 Å². The van der Waals surface area contributed by atoms with Crippen molar-refractivity contribution in [2.24, 2.45) is 0 Å². The quantitative estimate of drug-likeness (QED) is 0.690. The second-order valence-corrected chi connectivity index (χ2v) is 8.37. The zero-order valence-electron chi connectivity index (χ0n) is 15.0. The molecule has 6 nitrogen and oxygen atoms in total. The lowest BCUT2D eigenvalue weighted by Gasteiger charge is -2.34. The fraction of sp³-hybridized carbons (Fsp3) is 0.316. The minimum absolute atomic E-state index is 0.265. The van der Waals surface area contributed by atoms with E-state index in [1.54, 1.807) is 0 Å². The molecule has 1 aromatic heterocycles. The van der Waals surface area contributed by atoms with Gasteiger partial charge in [0.2, 0.25) is 16.0 Å². The van der Waals surface area contributed by atoms with Gasteiger partial charge in [0.25, 0.3) is 0 Å². The zero-order chi connectivity index (χ0) is 19.0. The van der Waals surface area contributed by atoms with Gasteiger partial charge >= 0.3 is 0 Å². The summed E-state index contributed by atoms with van der Waals surface area (Å²) in [6.45, 7) is 4.46. The number of sulfonamides is 1. The minimum Gasteiger partial charge on any atom is -0.340 e. The lowest BCUT2D eigenvalue weighted by Crippen LogP contribution is -2.49. The van der Waals surface area contributed by atoms with Gasteiger partial charge in [-0.2, -0.15) is 4.31 Å². The number of para-hydroxylation sites is 2. The van der Waals surface area contributed by atoms with Crippen LogP contribution >= 0.6 is 0 Å². The van der Waals surface area contributed by atoms with Gasteiger partial charge in [-0.15, -0.1) is 0 Å². The summed E-state index contributed by atoms with van der Waals surface area (Å²) in [6.07, 6.45) is 0. The van der Waals surface area contributed by atoms with E-state index < -0.39 is 15.8 Å². The predicted molar refractivity (Wildman–Crippen MR) is 103 cm³/mol. The molecular weight excluding hydrogens is 367 g/mol. The van der Waals surface area contributed by atoms with E-state index in [2.05, 4.69) is 16.4 Å². The number of aromatic nitrogens is 2. The lowest BCUT2D eigenvalue weighted by molar-refractivity contribution is 0.379. The van der Waals surface area contributed by atoms with E-state index in [0.717, 1.165) is 23.5 Å². The number of fused-ring (bicyclic) bond motifs is 1. The van der Waals surface area contributed by atoms with E-state index in [4.69, 9.17) is 4.98 Å². The number of hydrogen-bond donors (Lipinski definition) is 0. The van der Waals surface area contributed by atoms with Gasteiger partial charge in [-0.3, -0.25) is 0 Å². The van der Waals surface area contributed by atoms with E-state index in [1.807, 2.05) is 24.3 Å². The fourth-order valence-corrected chi connectivity index (χ4v) is 5.02. The molecule has 0 unspecified atom stereocenters. The average Bonchev–Trinajstić information content (AvgIpc) is 3.07. The molecule has 0 bridgehead atoms. The number of rotatable bonds is 4. The maximum Gasteiger partial charge on any atom is 0.246 e. The van der Waals surface area contributed by atoms with Crippen molar-refractivity contribution in [2.75, 3.05) is 31.1 Å². The Morgan fingerprint density at radius 3 is 2.37 bits per heavy atom. The summed E-state index contributed by atoms with van der Waals surface area (Å²) in [5.74, 6) is 0.134. The summed E-state index contributed by atoms with van der Waals surface area (Å²) < 4.78 is 43.0. The van der Waals surface area contributed by atoms with E-state index in [-0.39, 0.29) is 4.90 Å². The lowest BCUT2D eigenvalue weighted by atomic mass is 10.3. The molecule has 0 amide bonds. The Hall–Kier alpha value is -2.45. The number of nitrogens with zero attached hydrogens (tertiary/aromatic N) is 4. The molecule has 0 aliphatic carbocycles. The van der Waals surface area contributed by atoms with Crippen LogP contribution in [0.1, 0.15) is 6.92 Å². The third kappa shape index (κ3) is 3.08. The van der Waals surface area contributed by atoms with Gasteiger partial charge in [0.15, 0.2) is 0 Å². The van der Waals surface area contributed by atoms with Crippen molar-refractivity contribution in [1.82, 2.24) is 13.9 Å². The number of piperazine rings is 1. The van der Waals surface area contributed by atoms with Crippen LogP contribution in [0, 0.1) is 5.82 Å². The standard InChI is InChI=1S/C19H21FN4O2S/c1-2-24-17-9-5-4-8-16(17)21-19(24)22-11-13-23(14-12-22)27(25,26)18-10-6-3-7-15(18)20/h3-10H,2,11-14H2,1H3. The van der Waals surface area contributed by atoms with Gasteiger partial charge in [0, 0.05) is 32.7 Å². The molecule has 27 heavy (non-hydrogen) atoms. The molecule has 3 aromatic rings. The Balaban J connectivity index is 1.57. The highest BCUT2D eigenvalue weighted by Crippen LogP contribution is 2.25. The maximum atomic E-state index is 14.0. The van der Waals surface area contributed by atoms with Crippen LogP contribution in [-0.4, -0.2) is 48.5 Å². The number of halogens is 1. The smallest absolute Gasteiger partial charge is 0.246 e. The van der Waals surface area contributed by atoms with Crippen LogP contribution in [-0.2, 0) is 16.6 Å². The molecule has 8 heteroatoms. The van der Waals surface area contributed by atoms with Crippen molar-refractivity contribution in [2.45, 2.75) is 18.4 Å². The third-order valence-electron chi connectivity index (χ3n) is 4.93. The van der Waals surface area contributed by atoms with Crippen LogP contribution in [0.2, 0.25) is 0 Å². The molecule has 0 radical (unpaired) electrons. The van der Waals surface area contributed by atoms with Gasteiger partial charge in [-0.05, 0) is 31.2 Å². The highest BCUT2D eigenvalue weighted by atomic mass is 32.2. The monoisotopic (exact) mass is 388 g/mol. The molecule has 4 rings (SSSR count). The van der Waals surface area contributed by atoms with Crippen molar-refractivity contribution in [1.29, 1.82) is 0 Å². The fourth-order valence-electron chi connectivity index (χ4n) is 3.54. The average molecular weight is 388 g/mol. The zero-order valence-corrected chi connectivity index (χ0v) is 15.9. The normalized spacial score (nSPS) is 16.1. The molecule has 1 fully saturated rings. The molecular formula is C19H21FN4O2S. The van der Waals surface area contributed by atoms with Gasteiger partial charge in [0.1, 0.15) is 10.7 Å². The number of aryl methyl sites for hydroxylation is 1. The van der Waals surface area contributed by atoms with Crippen molar-refractivity contribution >= 4 is 27.0 Å². The van der Waals surface area contributed by atoms with Crippen LogP contribution in [0.5, 0.6) is 0 Å². The summed E-state index contributed by atoms with van der Waals surface area (Å²) in [5, 5.41) is 0. The predicted octanol–water partition coefficient (Wildman–Crippen LogP) is 2.71. The van der Waals surface area contributed by atoms with Crippen LogP contribution in [0.3, 0.4) is 0 Å². The number of benzene rings is 2. The first-order valence-corrected chi connectivity index (χ1v) is 10.4. The number of hydrogen-bond acceptors (Lipinski definition) is 4. The molecule has 142 valence electrons. The Bertz CT molecular complexity index is 1070. The Morgan fingerprint density at radius 1 is 1.00 bits per heavy atom. The second kappa shape index (κ2) is 6.94. The molecule has 2 aromatic carbocycles. The molecule has 0 N–H and O–H groups in total. The summed E-state index contributed by atoms with van der Waals surface area (Å²) in [5.41, 5.74) is 1.99. The van der Waals surface area contributed by atoms with Crippen LogP contribution in [0.15, 0.2) is 53.4 Å². The molecule has 1 aliphatic heterocycles. The van der Waals surface area contributed by atoms with Gasteiger partial charge in [-0.1, -0.05) is 24.3 Å². The molecule has 2 heterocycles. The number of anilines is 1. The van der Waals surface area contributed by atoms with Crippen LogP contribution in [0.25, 0.3) is 11.0 Å². The molecule has 0 atom stereocenters. The number of imidazole rings is 1. The summed E-state index contributed by atoms with van der Waals surface area (Å²) in [7, 11) is -3.83. The summed E-state index contributed by atoms with van der Waals surface area (Å²) >= 11 is 0.